The highest BCUT2D eigenvalue weighted by Gasteiger charge is 2.25. The second-order valence-electron chi connectivity index (χ2n) is 4.89. The average Bonchev–Trinajstić information content (AvgIpc) is 2.58. The van der Waals surface area contributed by atoms with E-state index in [0.717, 1.165) is 17.9 Å². The molecule has 0 unspecified atom stereocenters. The number of halogens is 2. The van der Waals surface area contributed by atoms with Gasteiger partial charge in [0.05, 0.1) is 16.3 Å². The molecule has 0 bridgehead atoms. The van der Waals surface area contributed by atoms with Gasteiger partial charge in [0.1, 0.15) is 5.15 Å². The first kappa shape index (κ1) is 16.3. The number of benzene rings is 1. The molecule has 0 N–H and O–H groups in total. The summed E-state index contributed by atoms with van der Waals surface area (Å²) in [5.74, 6) is 0.771. The Labute approximate surface area is 148 Å². The van der Waals surface area contributed by atoms with E-state index >= 15 is 0 Å². The third-order valence-electron chi connectivity index (χ3n) is 3.26. The van der Waals surface area contributed by atoms with Crippen LogP contribution >= 0.6 is 35.0 Å². The summed E-state index contributed by atoms with van der Waals surface area (Å²) < 4.78 is 0. The second-order valence-corrected chi connectivity index (χ2v) is 6.71. The first-order valence-corrected chi connectivity index (χ1v) is 8.79. The molecule has 1 saturated heterocycles. The number of hydrogen-bond acceptors (Lipinski definition) is 4. The first-order valence-electron chi connectivity index (χ1n) is 7.04. The average molecular weight is 366 g/mol. The number of hydrogen-bond donors (Lipinski definition) is 0. The number of rotatable bonds is 2. The molecule has 2 heterocycles. The van der Waals surface area contributed by atoms with Gasteiger partial charge in [0.2, 0.25) is 0 Å². The zero-order chi connectivity index (χ0) is 16.2. The number of nitrogens with zero attached hydrogens (tertiary/aromatic N) is 3. The van der Waals surface area contributed by atoms with Gasteiger partial charge in [-0.1, -0.05) is 53.2 Å². The molecule has 23 heavy (non-hydrogen) atoms. The molecule has 1 aromatic carbocycles. The lowest BCUT2D eigenvalue weighted by molar-refractivity contribution is 0.0849. The van der Waals surface area contributed by atoms with E-state index in [-0.39, 0.29) is 16.1 Å². The van der Waals surface area contributed by atoms with E-state index < -0.39 is 0 Å². The molecule has 0 atom stereocenters. The zero-order valence-corrected chi connectivity index (χ0v) is 14.4. The Balaban J connectivity index is 1.90. The molecule has 1 aliphatic rings. The largest absolute Gasteiger partial charge is 0.287 e. The third-order valence-corrected chi connectivity index (χ3v) is 5.01. The predicted molar refractivity (Wildman–Crippen MR) is 95.9 cm³/mol. The summed E-state index contributed by atoms with van der Waals surface area (Å²) in [7, 11) is 0. The lowest BCUT2D eigenvalue weighted by Crippen LogP contribution is -2.39. The molecule has 1 aliphatic heterocycles. The van der Waals surface area contributed by atoms with Crippen LogP contribution in [0.2, 0.25) is 10.2 Å². The van der Waals surface area contributed by atoms with E-state index in [0.29, 0.717) is 17.3 Å². The summed E-state index contributed by atoms with van der Waals surface area (Å²) in [6.07, 6.45) is 2.36. The van der Waals surface area contributed by atoms with E-state index in [1.807, 2.05) is 30.3 Å². The molecule has 0 aliphatic carbocycles. The summed E-state index contributed by atoms with van der Waals surface area (Å²) in [5, 5.41) is 1.15. The van der Waals surface area contributed by atoms with Gasteiger partial charge in [-0.05, 0) is 24.6 Å². The van der Waals surface area contributed by atoms with Gasteiger partial charge >= 0.3 is 0 Å². The van der Waals surface area contributed by atoms with Crippen LogP contribution in [0.1, 0.15) is 16.8 Å². The van der Waals surface area contributed by atoms with Crippen LogP contribution in [-0.2, 0) is 0 Å². The summed E-state index contributed by atoms with van der Waals surface area (Å²) in [6, 6.07) is 11.1. The van der Waals surface area contributed by atoms with Gasteiger partial charge in [-0.3, -0.25) is 9.69 Å². The fraction of sp³-hybridized carbons (Fsp3) is 0.188. The number of aliphatic imine (C=N–C) groups is 1. The number of amidine groups is 1. The van der Waals surface area contributed by atoms with Crippen molar-refractivity contribution in [2.75, 3.05) is 12.3 Å². The molecular formula is C16H13Cl2N3OS. The number of carbonyl (C=O) groups is 1. The molecule has 1 fully saturated rings. The van der Waals surface area contributed by atoms with Crippen LogP contribution in [0.25, 0.3) is 0 Å². The van der Waals surface area contributed by atoms with E-state index in [2.05, 4.69) is 9.98 Å². The molecule has 4 nitrogen and oxygen atoms in total. The minimum absolute atomic E-state index is 0.169. The number of thioether (sulfide) groups is 1. The fourth-order valence-corrected chi connectivity index (χ4v) is 3.37. The summed E-state index contributed by atoms with van der Waals surface area (Å²) in [4.78, 5) is 23.0. The van der Waals surface area contributed by atoms with Crippen LogP contribution in [0.15, 0.2) is 47.6 Å². The van der Waals surface area contributed by atoms with Crippen molar-refractivity contribution in [2.24, 2.45) is 4.99 Å². The van der Waals surface area contributed by atoms with Crippen molar-refractivity contribution >= 4 is 51.7 Å². The molecule has 0 radical (unpaired) electrons. The Morgan fingerprint density at radius 1 is 1.26 bits per heavy atom. The molecule has 1 aromatic heterocycles. The van der Waals surface area contributed by atoms with Crippen LogP contribution in [0, 0.1) is 0 Å². The van der Waals surface area contributed by atoms with Crippen LogP contribution in [0.4, 0.5) is 5.69 Å². The normalized spacial score (nSPS) is 16.6. The molecule has 7 heteroatoms. The smallest absolute Gasteiger partial charge is 0.261 e. The van der Waals surface area contributed by atoms with Gasteiger partial charge in [0, 0.05) is 18.5 Å². The van der Waals surface area contributed by atoms with Crippen molar-refractivity contribution in [3.63, 3.8) is 0 Å². The van der Waals surface area contributed by atoms with E-state index in [1.54, 1.807) is 22.7 Å². The minimum Gasteiger partial charge on any atom is -0.287 e. The molecule has 1 amide bonds. The SMILES string of the molecule is O=C(c1cnc(Cl)c(Cl)c1)N1CCCSC1=Nc1ccccc1. The molecular weight excluding hydrogens is 353 g/mol. The van der Waals surface area contributed by atoms with Crippen molar-refractivity contribution < 1.29 is 4.79 Å². The van der Waals surface area contributed by atoms with Crippen molar-refractivity contribution in [2.45, 2.75) is 6.42 Å². The maximum Gasteiger partial charge on any atom is 0.261 e. The van der Waals surface area contributed by atoms with Crippen molar-refractivity contribution in [1.82, 2.24) is 9.88 Å². The standard InChI is InChI=1S/C16H13Cl2N3OS/c17-13-9-11(10-19-14(13)18)15(22)21-7-4-8-23-16(21)20-12-5-2-1-3-6-12/h1-3,5-6,9-10H,4,7-8H2. The Hall–Kier alpha value is -1.56. The maximum absolute atomic E-state index is 12.8. The van der Waals surface area contributed by atoms with E-state index in [1.165, 1.54) is 6.20 Å². The minimum atomic E-state index is -0.169. The molecule has 3 rings (SSSR count). The Bertz CT molecular complexity index is 752. The predicted octanol–water partition coefficient (Wildman–Crippen LogP) is 4.66. The van der Waals surface area contributed by atoms with E-state index in [4.69, 9.17) is 23.2 Å². The van der Waals surface area contributed by atoms with Gasteiger partial charge in [0.15, 0.2) is 5.17 Å². The third kappa shape index (κ3) is 3.86. The van der Waals surface area contributed by atoms with Crippen LogP contribution in [-0.4, -0.2) is 33.3 Å². The molecule has 118 valence electrons. The topological polar surface area (TPSA) is 45.6 Å². The molecule has 2 aromatic rings. The Morgan fingerprint density at radius 3 is 2.78 bits per heavy atom. The number of pyridine rings is 1. The van der Waals surface area contributed by atoms with Gasteiger partial charge < -0.3 is 0 Å². The Morgan fingerprint density at radius 2 is 2.04 bits per heavy atom. The maximum atomic E-state index is 12.8. The highest BCUT2D eigenvalue weighted by molar-refractivity contribution is 8.13. The number of carbonyl (C=O) groups excluding carboxylic acids is 1. The quantitative estimate of drug-likeness (QED) is 0.727. The monoisotopic (exact) mass is 365 g/mol. The second kappa shape index (κ2) is 7.34. The van der Waals surface area contributed by atoms with Gasteiger partial charge in [-0.2, -0.15) is 0 Å². The van der Waals surface area contributed by atoms with Crippen molar-refractivity contribution in [3.05, 3.63) is 58.3 Å². The highest BCUT2D eigenvalue weighted by Crippen LogP contribution is 2.25. The summed E-state index contributed by atoms with van der Waals surface area (Å²) in [5.41, 5.74) is 1.23. The molecule has 0 spiro atoms. The van der Waals surface area contributed by atoms with Crippen LogP contribution < -0.4 is 0 Å². The number of para-hydroxylation sites is 1. The fourth-order valence-electron chi connectivity index (χ4n) is 2.15. The van der Waals surface area contributed by atoms with E-state index in [9.17, 15) is 4.79 Å². The lowest BCUT2D eigenvalue weighted by Gasteiger charge is -2.27. The number of amides is 1. The van der Waals surface area contributed by atoms with Gasteiger partial charge in [-0.25, -0.2) is 9.98 Å². The first-order chi connectivity index (χ1) is 11.1. The van der Waals surface area contributed by atoms with Gasteiger partial charge in [-0.15, -0.1) is 0 Å². The summed E-state index contributed by atoms with van der Waals surface area (Å²) in [6.45, 7) is 0.623. The zero-order valence-electron chi connectivity index (χ0n) is 12.1. The highest BCUT2D eigenvalue weighted by atomic mass is 35.5. The molecule has 0 saturated carbocycles. The van der Waals surface area contributed by atoms with Crippen LogP contribution in [0.3, 0.4) is 0 Å². The number of aromatic nitrogens is 1. The summed E-state index contributed by atoms with van der Waals surface area (Å²) >= 11 is 13.3. The van der Waals surface area contributed by atoms with Crippen molar-refractivity contribution in [1.29, 1.82) is 0 Å². The lowest BCUT2D eigenvalue weighted by atomic mass is 10.2. The Kier molecular flexibility index (Phi) is 5.20. The van der Waals surface area contributed by atoms with Gasteiger partial charge in [0.25, 0.3) is 5.91 Å². The van der Waals surface area contributed by atoms with Crippen molar-refractivity contribution in [3.8, 4) is 0 Å². The van der Waals surface area contributed by atoms with Crippen LogP contribution in [0.5, 0.6) is 0 Å².